The molecule has 1 aliphatic rings. The first kappa shape index (κ1) is 21.2. The van der Waals surface area contributed by atoms with Crippen LogP contribution in [-0.2, 0) is 17.5 Å². The van der Waals surface area contributed by atoms with Gasteiger partial charge in [-0.3, -0.25) is 0 Å². The van der Waals surface area contributed by atoms with Gasteiger partial charge in [-0.1, -0.05) is 5.21 Å². The Bertz CT molecular complexity index is 1060. The number of ether oxygens (including phenoxy) is 1. The van der Waals surface area contributed by atoms with Crippen molar-refractivity contribution in [1.29, 1.82) is 0 Å². The molecular formula is C20H21F3N6O2. The lowest BCUT2D eigenvalue weighted by Gasteiger charge is -2.31. The van der Waals surface area contributed by atoms with Crippen molar-refractivity contribution < 1.29 is 23.0 Å². The van der Waals surface area contributed by atoms with Gasteiger partial charge in [-0.05, 0) is 36.8 Å². The number of aliphatic hydroxyl groups is 1. The molecule has 0 radical (unpaired) electrons. The monoisotopic (exact) mass is 434 g/mol. The van der Waals surface area contributed by atoms with Crippen LogP contribution in [0.1, 0.15) is 24.1 Å². The van der Waals surface area contributed by atoms with Crippen LogP contribution in [0, 0.1) is 6.92 Å². The van der Waals surface area contributed by atoms with E-state index in [9.17, 15) is 18.3 Å². The highest BCUT2D eigenvalue weighted by Crippen LogP contribution is 2.29. The summed E-state index contributed by atoms with van der Waals surface area (Å²) in [7, 11) is 0. The average molecular weight is 434 g/mol. The first-order valence-electron chi connectivity index (χ1n) is 9.70. The third kappa shape index (κ3) is 5.17. The van der Waals surface area contributed by atoms with Crippen molar-refractivity contribution in [2.24, 2.45) is 0 Å². The van der Waals surface area contributed by atoms with Crippen LogP contribution in [0.15, 0.2) is 36.7 Å². The van der Waals surface area contributed by atoms with E-state index in [1.54, 1.807) is 23.0 Å². The molecule has 2 aromatic heterocycles. The average Bonchev–Trinajstić information content (AvgIpc) is 3.15. The summed E-state index contributed by atoms with van der Waals surface area (Å²) in [6.45, 7) is 3.17. The van der Waals surface area contributed by atoms with E-state index in [2.05, 4.69) is 25.6 Å². The largest absolute Gasteiger partial charge is 0.433 e. The van der Waals surface area contributed by atoms with Crippen LogP contribution in [0.4, 0.5) is 24.8 Å². The number of alkyl halides is 3. The molecule has 31 heavy (non-hydrogen) atoms. The highest BCUT2D eigenvalue weighted by Gasteiger charge is 2.33. The first-order chi connectivity index (χ1) is 14.7. The van der Waals surface area contributed by atoms with E-state index in [1.807, 2.05) is 13.0 Å². The molecule has 4 rings (SSSR count). The lowest BCUT2D eigenvalue weighted by molar-refractivity contribution is -0.141. The van der Waals surface area contributed by atoms with E-state index in [4.69, 9.17) is 4.74 Å². The quantitative estimate of drug-likeness (QED) is 0.636. The molecule has 8 nitrogen and oxygen atoms in total. The van der Waals surface area contributed by atoms with Gasteiger partial charge in [0.15, 0.2) is 0 Å². The Morgan fingerprint density at radius 1 is 1.23 bits per heavy atom. The van der Waals surface area contributed by atoms with E-state index in [0.717, 1.165) is 23.4 Å². The van der Waals surface area contributed by atoms with Gasteiger partial charge < -0.3 is 15.2 Å². The zero-order valence-electron chi connectivity index (χ0n) is 16.7. The number of rotatable bonds is 5. The smallest absolute Gasteiger partial charge is 0.388 e. The van der Waals surface area contributed by atoms with Crippen molar-refractivity contribution in [3.05, 3.63) is 47.9 Å². The van der Waals surface area contributed by atoms with E-state index in [-0.39, 0.29) is 5.95 Å². The highest BCUT2D eigenvalue weighted by atomic mass is 19.4. The lowest BCUT2D eigenvalue weighted by Crippen LogP contribution is -2.40. The first-order valence-corrected chi connectivity index (χ1v) is 9.70. The minimum Gasteiger partial charge on any atom is -0.388 e. The molecule has 0 unspecified atom stereocenters. The fourth-order valence-electron chi connectivity index (χ4n) is 3.43. The maximum atomic E-state index is 12.9. The fourth-order valence-corrected chi connectivity index (χ4v) is 3.43. The third-order valence-electron chi connectivity index (χ3n) is 4.99. The summed E-state index contributed by atoms with van der Waals surface area (Å²) in [6.07, 6.45) is -0.714. The molecule has 3 aromatic rings. The summed E-state index contributed by atoms with van der Waals surface area (Å²) >= 11 is 0. The number of benzene rings is 1. The van der Waals surface area contributed by atoms with Gasteiger partial charge >= 0.3 is 6.18 Å². The molecule has 2 N–H and O–H groups in total. The summed E-state index contributed by atoms with van der Waals surface area (Å²) in [4.78, 5) is 7.40. The molecule has 164 valence electrons. The topological polar surface area (TPSA) is 98.0 Å². The van der Waals surface area contributed by atoms with Crippen LogP contribution >= 0.6 is 0 Å². The molecule has 3 heterocycles. The van der Waals surface area contributed by atoms with Crippen LogP contribution in [0.2, 0.25) is 0 Å². The molecule has 1 saturated heterocycles. The number of anilines is 2. The van der Waals surface area contributed by atoms with Crippen molar-refractivity contribution in [2.45, 2.75) is 38.1 Å². The van der Waals surface area contributed by atoms with Crippen molar-refractivity contribution in [3.63, 3.8) is 0 Å². The predicted molar refractivity (Wildman–Crippen MR) is 106 cm³/mol. The van der Waals surface area contributed by atoms with Crippen molar-refractivity contribution >= 4 is 11.6 Å². The number of halogens is 3. The molecule has 1 fully saturated rings. The van der Waals surface area contributed by atoms with Crippen LogP contribution in [-0.4, -0.2) is 48.9 Å². The zero-order chi connectivity index (χ0) is 22.1. The second-order valence-electron chi connectivity index (χ2n) is 7.61. The second kappa shape index (κ2) is 8.23. The number of aromatic nitrogens is 5. The van der Waals surface area contributed by atoms with Gasteiger partial charge in [0.1, 0.15) is 11.4 Å². The molecule has 0 aliphatic carbocycles. The third-order valence-corrected chi connectivity index (χ3v) is 4.99. The Kier molecular flexibility index (Phi) is 5.63. The fraction of sp³-hybridized carbons (Fsp3) is 0.400. The van der Waals surface area contributed by atoms with Crippen LogP contribution in [0.3, 0.4) is 0 Å². The SMILES string of the molecule is Cc1cc(Nc2nccc(C(F)(F)F)n2)cc(-c2cn(CC3(O)CCOCC3)nn2)c1. The summed E-state index contributed by atoms with van der Waals surface area (Å²) in [6, 6.07) is 6.20. The van der Waals surface area contributed by atoms with Crippen molar-refractivity contribution in [1.82, 2.24) is 25.0 Å². The number of aryl methyl sites for hydroxylation is 1. The van der Waals surface area contributed by atoms with E-state index in [0.29, 0.717) is 44.0 Å². The molecule has 11 heteroatoms. The number of nitrogens with one attached hydrogen (secondary N) is 1. The maximum Gasteiger partial charge on any atom is 0.433 e. The maximum absolute atomic E-state index is 12.9. The Balaban J connectivity index is 1.54. The molecule has 0 amide bonds. The Morgan fingerprint density at radius 3 is 2.74 bits per heavy atom. The minimum atomic E-state index is -4.55. The van der Waals surface area contributed by atoms with Gasteiger partial charge in [0.25, 0.3) is 0 Å². The Hall–Kier alpha value is -3.05. The van der Waals surface area contributed by atoms with Crippen LogP contribution < -0.4 is 5.32 Å². The molecule has 1 aliphatic heterocycles. The number of hydrogen-bond donors (Lipinski definition) is 2. The summed E-state index contributed by atoms with van der Waals surface area (Å²) < 4.78 is 45.6. The van der Waals surface area contributed by atoms with Crippen LogP contribution in [0.25, 0.3) is 11.3 Å². The van der Waals surface area contributed by atoms with E-state index < -0.39 is 17.5 Å². The normalized spacial score (nSPS) is 16.3. The summed E-state index contributed by atoms with van der Waals surface area (Å²) in [5.41, 5.74) is 0.777. The molecule has 1 aromatic carbocycles. The molecule has 0 atom stereocenters. The zero-order valence-corrected chi connectivity index (χ0v) is 16.7. The van der Waals surface area contributed by atoms with E-state index in [1.165, 1.54) is 0 Å². The summed E-state index contributed by atoms with van der Waals surface area (Å²) in [5, 5.41) is 21.8. The van der Waals surface area contributed by atoms with Gasteiger partial charge in [0.05, 0.1) is 18.3 Å². The van der Waals surface area contributed by atoms with Gasteiger partial charge in [0, 0.05) is 43.5 Å². The summed E-state index contributed by atoms with van der Waals surface area (Å²) in [5.74, 6) is -0.156. The van der Waals surface area contributed by atoms with Crippen molar-refractivity contribution in [3.8, 4) is 11.3 Å². The number of hydrogen-bond acceptors (Lipinski definition) is 7. The highest BCUT2D eigenvalue weighted by molar-refractivity contribution is 5.68. The van der Waals surface area contributed by atoms with Crippen LogP contribution in [0.5, 0.6) is 0 Å². The van der Waals surface area contributed by atoms with Gasteiger partial charge in [-0.15, -0.1) is 5.10 Å². The molecular weight excluding hydrogens is 413 g/mol. The molecule has 0 saturated carbocycles. The molecule has 0 bridgehead atoms. The van der Waals surface area contributed by atoms with E-state index >= 15 is 0 Å². The minimum absolute atomic E-state index is 0.156. The Labute approximate surface area is 176 Å². The molecule has 0 spiro atoms. The Morgan fingerprint density at radius 2 is 2.00 bits per heavy atom. The second-order valence-corrected chi connectivity index (χ2v) is 7.61. The number of nitrogens with zero attached hydrogens (tertiary/aromatic N) is 5. The van der Waals surface area contributed by atoms with Gasteiger partial charge in [0.2, 0.25) is 5.95 Å². The lowest BCUT2D eigenvalue weighted by atomic mass is 9.94. The van der Waals surface area contributed by atoms with Gasteiger partial charge in [-0.2, -0.15) is 13.2 Å². The standard InChI is InChI=1S/C20H21F3N6O2/c1-13-8-14(16-11-29(28-27-16)12-19(30)3-6-31-7-4-19)10-15(9-13)25-18-24-5-2-17(26-18)20(21,22)23/h2,5,8-11,30H,3-4,6-7,12H2,1H3,(H,24,25,26). The predicted octanol–water partition coefficient (Wildman–Crippen LogP) is 3.35. The van der Waals surface area contributed by atoms with Gasteiger partial charge in [-0.25, -0.2) is 14.6 Å². The van der Waals surface area contributed by atoms with Crippen molar-refractivity contribution in [2.75, 3.05) is 18.5 Å².